The number of rotatable bonds is 1. The van der Waals surface area contributed by atoms with Gasteiger partial charge < -0.3 is 9.64 Å². The van der Waals surface area contributed by atoms with E-state index in [-0.39, 0.29) is 25.5 Å². The number of nitrogens with zero attached hydrogens (tertiary/aromatic N) is 5. The average Bonchev–Trinajstić information content (AvgIpc) is 3.26. The van der Waals surface area contributed by atoms with Gasteiger partial charge in [-0.25, -0.2) is 14.3 Å². The van der Waals surface area contributed by atoms with Gasteiger partial charge in [0.2, 0.25) is 0 Å². The average molecular weight is 378 g/mol. The molecule has 0 spiro atoms. The molecule has 0 radical (unpaired) electrons. The van der Waals surface area contributed by atoms with Crippen molar-refractivity contribution in [2.45, 2.75) is 32.4 Å². The van der Waals surface area contributed by atoms with Crippen LogP contribution in [0.4, 0.5) is 19.0 Å². The Kier molecular flexibility index (Phi) is 3.32. The molecule has 0 fully saturated rings. The summed E-state index contributed by atoms with van der Waals surface area (Å²) in [7, 11) is 0. The highest BCUT2D eigenvalue weighted by molar-refractivity contribution is 5.56. The molecule has 5 heterocycles. The van der Waals surface area contributed by atoms with Gasteiger partial charge in [-0.2, -0.15) is 18.2 Å². The van der Waals surface area contributed by atoms with E-state index in [2.05, 4.69) is 20.2 Å². The minimum absolute atomic E-state index is 0.215. The van der Waals surface area contributed by atoms with Crippen molar-refractivity contribution in [1.82, 2.24) is 24.6 Å². The molecule has 0 bridgehead atoms. The van der Waals surface area contributed by atoms with Gasteiger partial charge in [-0.15, -0.1) is 5.10 Å². The van der Waals surface area contributed by atoms with Gasteiger partial charge >= 0.3 is 11.9 Å². The van der Waals surface area contributed by atoms with Crippen molar-refractivity contribution in [1.29, 1.82) is 0 Å². The highest BCUT2D eigenvalue weighted by Gasteiger charge is 2.33. The van der Waals surface area contributed by atoms with E-state index in [9.17, 15) is 18.0 Å². The Hall–Kier alpha value is -2.95. The number of ether oxygens (including phenoxy) is 1. The Balaban J connectivity index is 1.59. The summed E-state index contributed by atoms with van der Waals surface area (Å²) in [5.41, 5.74) is 1.44. The molecule has 2 aliphatic rings. The molecule has 3 aromatic rings. The lowest BCUT2D eigenvalue weighted by Crippen LogP contribution is -2.33. The molecule has 0 atom stereocenters. The first kappa shape index (κ1) is 16.2. The van der Waals surface area contributed by atoms with Crippen LogP contribution in [0.2, 0.25) is 0 Å². The Labute approximate surface area is 149 Å². The molecule has 0 amide bonds. The first-order valence-corrected chi connectivity index (χ1v) is 8.28. The van der Waals surface area contributed by atoms with Crippen molar-refractivity contribution in [3.05, 3.63) is 50.8 Å². The summed E-state index contributed by atoms with van der Waals surface area (Å²) in [6.07, 6.45) is -3.06. The van der Waals surface area contributed by atoms with E-state index in [4.69, 9.17) is 4.74 Å². The zero-order valence-corrected chi connectivity index (χ0v) is 13.9. The minimum Gasteiger partial charge on any atom is -0.370 e. The fourth-order valence-electron chi connectivity index (χ4n) is 3.61. The number of fused-ring (bicyclic) bond motifs is 4. The number of alkyl halides is 3. The van der Waals surface area contributed by atoms with Gasteiger partial charge in [-0.05, 0) is 11.6 Å². The van der Waals surface area contributed by atoms with E-state index in [0.717, 1.165) is 17.8 Å². The van der Waals surface area contributed by atoms with E-state index in [0.29, 0.717) is 35.7 Å². The van der Waals surface area contributed by atoms with Crippen molar-refractivity contribution in [2.24, 2.45) is 0 Å². The van der Waals surface area contributed by atoms with Crippen LogP contribution < -0.4 is 10.6 Å². The lowest BCUT2D eigenvalue weighted by molar-refractivity contribution is -0.137. The quantitative estimate of drug-likeness (QED) is 0.689. The Bertz CT molecular complexity index is 1120. The van der Waals surface area contributed by atoms with E-state index in [1.54, 1.807) is 0 Å². The van der Waals surface area contributed by atoms with Crippen molar-refractivity contribution < 1.29 is 17.9 Å². The van der Waals surface area contributed by atoms with Gasteiger partial charge in [-0.1, -0.05) is 0 Å². The Morgan fingerprint density at radius 3 is 2.93 bits per heavy atom. The van der Waals surface area contributed by atoms with E-state index in [1.807, 2.05) is 4.90 Å². The Morgan fingerprint density at radius 2 is 2.11 bits per heavy atom. The van der Waals surface area contributed by atoms with Crippen molar-refractivity contribution in [3.8, 4) is 0 Å². The third-order valence-corrected chi connectivity index (χ3v) is 4.90. The summed E-state index contributed by atoms with van der Waals surface area (Å²) in [4.78, 5) is 22.3. The molecular weight excluding hydrogens is 365 g/mol. The van der Waals surface area contributed by atoms with Crippen molar-refractivity contribution >= 4 is 11.6 Å². The van der Waals surface area contributed by atoms with Gasteiger partial charge in [0.1, 0.15) is 5.82 Å². The normalized spacial score (nSPS) is 16.6. The molecule has 140 valence electrons. The van der Waals surface area contributed by atoms with Crippen LogP contribution in [0.15, 0.2) is 17.1 Å². The van der Waals surface area contributed by atoms with Crippen LogP contribution in [0.5, 0.6) is 0 Å². The van der Waals surface area contributed by atoms with Gasteiger partial charge in [-0.3, -0.25) is 4.98 Å². The Morgan fingerprint density at radius 1 is 1.26 bits per heavy atom. The number of aromatic nitrogens is 5. The first-order valence-electron chi connectivity index (χ1n) is 8.28. The maximum Gasteiger partial charge on any atom is 0.417 e. The predicted molar refractivity (Wildman–Crippen MR) is 86.1 cm³/mol. The minimum atomic E-state index is -4.44. The number of halogens is 3. The zero-order chi connectivity index (χ0) is 18.8. The van der Waals surface area contributed by atoms with Crippen LogP contribution in [-0.4, -0.2) is 31.1 Å². The maximum absolute atomic E-state index is 13.0. The first-order chi connectivity index (χ1) is 12.9. The summed E-state index contributed by atoms with van der Waals surface area (Å²) >= 11 is 0. The van der Waals surface area contributed by atoms with Crippen LogP contribution in [0.1, 0.15) is 28.1 Å². The number of hydrogen-bond donors (Lipinski definition) is 1. The highest BCUT2D eigenvalue weighted by atomic mass is 19.4. The summed E-state index contributed by atoms with van der Waals surface area (Å²) in [5, 5.41) is 6.27. The molecule has 2 aliphatic heterocycles. The van der Waals surface area contributed by atoms with Gasteiger partial charge in [0.15, 0.2) is 0 Å². The van der Waals surface area contributed by atoms with Crippen LogP contribution >= 0.6 is 0 Å². The molecule has 0 aromatic carbocycles. The third-order valence-electron chi connectivity index (χ3n) is 4.90. The molecule has 11 heteroatoms. The summed E-state index contributed by atoms with van der Waals surface area (Å²) in [5.74, 6) is 0.796. The van der Waals surface area contributed by atoms with Crippen LogP contribution in [0.25, 0.3) is 5.78 Å². The van der Waals surface area contributed by atoms with Crippen LogP contribution in [0.3, 0.4) is 0 Å². The maximum atomic E-state index is 13.0. The molecule has 0 saturated heterocycles. The van der Waals surface area contributed by atoms with Crippen LogP contribution in [-0.2, 0) is 37.1 Å². The molecule has 8 nitrogen and oxygen atoms in total. The molecule has 1 N–H and O–H groups in total. The van der Waals surface area contributed by atoms with Crippen molar-refractivity contribution in [3.63, 3.8) is 0 Å². The number of H-pyrrole nitrogens is 1. The molecule has 5 rings (SSSR count). The fraction of sp³-hybridized carbons (Fsp3) is 0.375. The third kappa shape index (κ3) is 2.49. The molecule has 0 unspecified atom stereocenters. The van der Waals surface area contributed by atoms with Gasteiger partial charge in [0.05, 0.1) is 24.5 Å². The molecule has 3 aromatic heterocycles. The molecule has 0 saturated carbocycles. The highest BCUT2D eigenvalue weighted by Crippen LogP contribution is 2.34. The number of hydrogen-bond acceptors (Lipinski definition) is 6. The molecular formula is C16H13F3N6O2. The largest absolute Gasteiger partial charge is 0.417 e. The monoisotopic (exact) mass is 378 g/mol. The number of anilines is 1. The second-order valence-electron chi connectivity index (χ2n) is 6.52. The summed E-state index contributed by atoms with van der Waals surface area (Å²) < 4.78 is 45.9. The standard InChI is InChI=1S/C16H13F3N6O2/c17-16(18,19)9-3-8-5-24(2-1-11(8)20-4-9)13-10-6-27-7-12(10)25-14(21-13)22-23-15(25)26/h3-4H,1-2,5-7H2,(H,23,26). The smallest absolute Gasteiger partial charge is 0.370 e. The van der Waals surface area contributed by atoms with Crippen LogP contribution in [0, 0.1) is 0 Å². The van der Waals surface area contributed by atoms with Crippen molar-refractivity contribution in [2.75, 3.05) is 11.4 Å². The van der Waals surface area contributed by atoms with E-state index < -0.39 is 17.4 Å². The summed E-state index contributed by atoms with van der Waals surface area (Å²) in [6.45, 7) is 1.34. The lowest BCUT2D eigenvalue weighted by atomic mass is 10.0. The zero-order valence-electron chi connectivity index (χ0n) is 13.9. The molecule has 0 aliphatic carbocycles. The lowest BCUT2D eigenvalue weighted by Gasteiger charge is -2.30. The number of nitrogens with one attached hydrogen (secondary N) is 1. The van der Waals surface area contributed by atoms with E-state index in [1.165, 1.54) is 4.40 Å². The predicted octanol–water partition coefficient (Wildman–Crippen LogP) is 1.42. The molecule has 27 heavy (non-hydrogen) atoms. The SMILES string of the molecule is O=c1[nH]nc2nc(N3CCc4ncc(C(F)(F)F)cc4C3)c3c(n12)COC3. The topological polar surface area (TPSA) is 88.4 Å². The summed E-state index contributed by atoms with van der Waals surface area (Å²) in [6, 6.07) is 1.14. The number of pyridine rings is 1. The van der Waals surface area contributed by atoms with Gasteiger partial charge in [0.25, 0.3) is 5.78 Å². The second-order valence-corrected chi connectivity index (χ2v) is 6.52. The second kappa shape index (κ2) is 5.52. The van der Waals surface area contributed by atoms with Gasteiger partial charge in [0, 0.05) is 37.0 Å². The van der Waals surface area contributed by atoms with E-state index >= 15 is 0 Å². The fourth-order valence-corrected chi connectivity index (χ4v) is 3.61. The number of aromatic amines is 1.